The number of carbonyl (C=O) groups is 2. The zero-order valence-electron chi connectivity index (χ0n) is 11.5. The van der Waals surface area contributed by atoms with Gasteiger partial charge in [-0.15, -0.1) is 0 Å². The van der Waals surface area contributed by atoms with Crippen molar-refractivity contribution in [3.05, 3.63) is 0 Å². The molecule has 0 aromatic carbocycles. The predicted molar refractivity (Wildman–Crippen MR) is 66.9 cm³/mol. The summed E-state index contributed by atoms with van der Waals surface area (Å²) in [5, 5.41) is 2.81. The van der Waals surface area contributed by atoms with Crippen LogP contribution in [0.4, 0.5) is 0 Å². The van der Waals surface area contributed by atoms with E-state index in [9.17, 15) is 9.59 Å². The fourth-order valence-corrected chi connectivity index (χ4v) is 2.72. The van der Waals surface area contributed by atoms with Crippen LogP contribution in [0.2, 0.25) is 0 Å². The molecule has 2 amide bonds. The van der Waals surface area contributed by atoms with Crippen LogP contribution < -0.4 is 5.32 Å². The molecule has 1 heterocycles. The Bertz CT molecular complexity index is 350. The van der Waals surface area contributed by atoms with E-state index in [1.807, 2.05) is 13.8 Å². The number of methoxy groups -OCH3 is 1. The van der Waals surface area contributed by atoms with E-state index in [2.05, 4.69) is 5.32 Å². The zero-order valence-corrected chi connectivity index (χ0v) is 11.5. The summed E-state index contributed by atoms with van der Waals surface area (Å²) in [5.41, 5.74) is 0. The van der Waals surface area contributed by atoms with Crippen molar-refractivity contribution in [2.75, 3.05) is 7.11 Å². The molecule has 0 aromatic rings. The lowest BCUT2D eigenvalue weighted by atomic mass is 9.85. The lowest BCUT2D eigenvalue weighted by molar-refractivity contribution is -0.158. The summed E-state index contributed by atoms with van der Waals surface area (Å²) < 4.78 is 5.24. The van der Waals surface area contributed by atoms with Gasteiger partial charge in [0, 0.05) is 13.2 Å². The second kappa shape index (κ2) is 4.88. The molecular formula is C13H22N2O3. The first-order valence-corrected chi connectivity index (χ1v) is 6.61. The monoisotopic (exact) mass is 254 g/mol. The molecule has 2 rings (SSSR count). The van der Waals surface area contributed by atoms with Crippen LogP contribution in [0.3, 0.4) is 0 Å². The van der Waals surface area contributed by atoms with E-state index in [1.54, 1.807) is 18.9 Å². The summed E-state index contributed by atoms with van der Waals surface area (Å²) in [4.78, 5) is 26.1. The maximum atomic E-state index is 12.4. The van der Waals surface area contributed by atoms with Crippen molar-refractivity contribution >= 4 is 11.8 Å². The summed E-state index contributed by atoms with van der Waals surface area (Å²) >= 11 is 0. The highest BCUT2D eigenvalue weighted by Crippen LogP contribution is 2.31. The maximum absolute atomic E-state index is 12.4. The van der Waals surface area contributed by atoms with Gasteiger partial charge in [-0.3, -0.25) is 9.59 Å². The van der Waals surface area contributed by atoms with Gasteiger partial charge in [0.1, 0.15) is 12.1 Å². The van der Waals surface area contributed by atoms with Crippen molar-refractivity contribution in [3.63, 3.8) is 0 Å². The van der Waals surface area contributed by atoms with Gasteiger partial charge in [0.25, 0.3) is 0 Å². The minimum Gasteiger partial charge on any atom is -0.381 e. The Hall–Kier alpha value is -1.10. The second-order valence-corrected chi connectivity index (χ2v) is 5.63. The summed E-state index contributed by atoms with van der Waals surface area (Å²) in [6.07, 6.45) is 1.91. The molecular weight excluding hydrogens is 232 g/mol. The Morgan fingerprint density at radius 2 is 1.94 bits per heavy atom. The summed E-state index contributed by atoms with van der Waals surface area (Å²) in [6, 6.07) is -0.588. The molecule has 18 heavy (non-hydrogen) atoms. The van der Waals surface area contributed by atoms with E-state index in [1.165, 1.54) is 0 Å². The van der Waals surface area contributed by atoms with Gasteiger partial charge in [0.15, 0.2) is 0 Å². The fourth-order valence-electron chi connectivity index (χ4n) is 2.72. The number of rotatable bonds is 3. The number of carbonyl (C=O) groups excluding carboxylic acids is 2. The van der Waals surface area contributed by atoms with Gasteiger partial charge >= 0.3 is 0 Å². The first-order valence-electron chi connectivity index (χ1n) is 6.61. The fraction of sp³-hybridized carbons (Fsp3) is 0.846. The lowest BCUT2D eigenvalue weighted by Gasteiger charge is -2.48. The molecule has 1 saturated carbocycles. The summed E-state index contributed by atoms with van der Waals surface area (Å²) in [7, 11) is 1.69. The van der Waals surface area contributed by atoms with E-state index in [0.717, 1.165) is 12.8 Å². The van der Waals surface area contributed by atoms with Crippen molar-refractivity contribution in [2.24, 2.45) is 5.92 Å². The Morgan fingerprint density at radius 3 is 2.44 bits per heavy atom. The number of piperazine rings is 1. The first kappa shape index (κ1) is 13.3. The summed E-state index contributed by atoms with van der Waals surface area (Å²) in [6.45, 7) is 5.70. The van der Waals surface area contributed by atoms with E-state index >= 15 is 0 Å². The Balaban J connectivity index is 2.11. The van der Waals surface area contributed by atoms with Crippen molar-refractivity contribution < 1.29 is 14.3 Å². The number of amides is 2. The van der Waals surface area contributed by atoms with E-state index in [-0.39, 0.29) is 42.0 Å². The molecule has 2 atom stereocenters. The van der Waals surface area contributed by atoms with Crippen LogP contribution in [0.25, 0.3) is 0 Å². The largest absolute Gasteiger partial charge is 0.381 e. The third kappa shape index (κ3) is 2.11. The number of nitrogens with zero attached hydrogens (tertiary/aromatic N) is 1. The van der Waals surface area contributed by atoms with Crippen LogP contribution in [0.15, 0.2) is 0 Å². The predicted octanol–water partition coefficient (Wildman–Crippen LogP) is 0.535. The Morgan fingerprint density at radius 1 is 1.33 bits per heavy atom. The molecule has 1 aliphatic carbocycles. The molecule has 1 aliphatic heterocycles. The van der Waals surface area contributed by atoms with Crippen LogP contribution in [0.5, 0.6) is 0 Å². The van der Waals surface area contributed by atoms with E-state index in [4.69, 9.17) is 4.74 Å². The molecule has 1 saturated heterocycles. The van der Waals surface area contributed by atoms with Crippen LogP contribution in [-0.4, -0.2) is 48.1 Å². The van der Waals surface area contributed by atoms with Gasteiger partial charge in [0.05, 0.1) is 6.10 Å². The van der Waals surface area contributed by atoms with E-state index in [0.29, 0.717) is 0 Å². The first-order chi connectivity index (χ1) is 8.45. The molecule has 5 heteroatoms. The van der Waals surface area contributed by atoms with Gasteiger partial charge in [-0.05, 0) is 25.7 Å². The number of hydrogen-bond donors (Lipinski definition) is 1. The smallest absolute Gasteiger partial charge is 0.246 e. The third-order valence-electron chi connectivity index (χ3n) is 4.08. The van der Waals surface area contributed by atoms with Crippen LogP contribution in [0.1, 0.15) is 33.6 Å². The third-order valence-corrected chi connectivity index (χ3v) is 4.08. The van der Waals surface area contributed by atoms with Gasteiger partial charge in [-0.2, -0.15) is 0 Å². The van der Waals surface area contributed by atoms with Crippen molar-refractivity contribution in [3.8, 4) is 0 Å². The molecule has 1 N–H and O–H groups in total. The van der Waals surface area contributed by atoms with Gasteiger partial charge in [-0.25, -0.2) is 0 Å². The number of nitrogens with one attached hydrogen (secondary N) is 1. The molecule has 0 bridgehead atoms. The van der Waals surface area contributed by atoms with Crippen molar-refractivity contribution in [2.45, 2.75) is 57.8 Å². The minimum atomic E-state index is -0.379. The van der Waals surface area contributed by atoms with Crippen molar-refractivity contribution in [1.29, 1.82) is 0 Å². The SMILES string of the molecule is COC1CC(N2C(=O)C(C(C)C)NC(=O)C2C)C1. The lowest BCUT2D eigenvalue weighted by Crippen LogP contribution is -2.68. The number of ether oxygens (including phenoxy) is 1. The molecule has 0 aromatic heterocycles. The van der Waals surface area contributed by atoms with Gasteiger partial charge in [-0.1, -0.05) is 13.8 Å². The highest BCUT2D eigenvalue weighted by molar-refractivity contribution is 5.97. The van der Waals surface area contributed by atoms with Crippen molar-refractivity contribution in [1.82, 2.24) is 10.2 Å². The molecule has 102 valence electrons. The van der Waals surface area contributed by atoms with Gasteiger partial charge < -0.3 is 15.0 Å². The standard InChI is InChI=1S/C13H22N2O3/c1-7(2)11-13(17)15(8(3)12(16)14-11)9-5-10(6-9)18-4/h7-11H,5-6H2,1-4H3,(H,14,16). The van der Waals surface area contributed by atoms with Crippen LogP contribution in [-0.2, 0) is 14.3 Å². The average molecular weight is 254 g/mol. The Kier molecular flexibility index (Phi) is 3.61. The molecule has 0 radical (unpaired) electrons. The highest BCUT2D eigenvalue weighted by atomic mass is 16.5. The molecule has 2 unspecified atom stereocenters. The van der Waals surface area contributed by atoms with Crippen LogP contribution in [0, 0.1) is 5.92 Å². The summed E-state index contributed by atoms with van der Waals surface area (Å²) in [5.74, 6) is 0.126. The number of hydrogen-bond acceptors (Lipinski definition) is 3. The maximum Gasteiger partial charge on any atom is 0.246 e. The van der Waals surface area contributed by atoms with E-state index < -0.39 is 0 Å². The minimum absolute atomic E-state index is 0.0471. The normalized spacial score (nSPS) is 36.6. The molecule has 5 nitrogen and oxygen atoms in total. The van der Waals surface area contributed by atoms with Gasteiger partial charge in [0.2, 0.25) is 11.8 Å². The zero-order chi connectivity index (χ0) is 13.4. The average Bonchev–Trinajstić information content (AvgIpc) is 2.26. The molecule has 0 spiro atoms. The molecule has 2 fully saturated rings. The topological polar surface area (TPSA) is 58.6 Å². The highest BCUT2D eigenvalue weighted by Gasteiger charge is 2.46. The molecule has 2 aliphatic rings. The quantitative estimate of drug-likeness (QED) is 0.799. The Labute approximate surface area is 108 Å². The second-order valence-electron chi connectivity index (χ2n) is 5.63. The van der Waals surface area contributed by atoms with Crippen LogP contribution >= 0.6 is 0 Å².